The molecule has 1 aliphatic rings. The molecule has 3 N–H and O–H groups in total. The lowest BCUT2D eigenvalue weighted by Gasteiger charge is -2.37. The van der Waals surface area contributed by atoms with E-state index in [1.807, 2.05) is 25.1 Å². The number of nitrogens with one attached hydrogen (secondary N) is 3. The number of nitrogens with zero attached hydrogens (tertiary/aromatic N) is 1. The number of amides is 3. The highest BCUT2D eigenvalue weighted by atomic mass is 16.2. The fourth-order valence-electron chi connectivity index (χ4n) is 3.93. The molecule has 0 unspecified atom stereocenters. The van der Waals surface area contributed by atoms with Gasteiger partial charge in [-0.2, -0.15) is 0 Å². The van der Waals surface area contributed by atoms with Crippen LogP contribution in [0, 0.1) is 23.7 Å². The fraction of sp³-hybridized carbons (Fsp3) is 0.591. The number of carbonyl (C=O) groups excluding carboxylic acids is 2. The molecular weight excluding hydrogens is 352 g/mol. The molecule has 0 bridgehead atoms. The van der Waals surface area contributed by atoms with Crippen molar-refractivity contribution in [3.63, 3.8) is 0 Å². The van der Waals surface area contributed by atoms with E-state index in [0.717, 1.165) is 12.1 Å². The number of carbonyl (C=O) groups is 2. The molecule has 0 spiro atoms. The second-order valence-corrected chi connectivity index (χ2v) is 7.96. The van der Waals surface area contributed by atoms with E-state index in [2.05, 4.69) is 47.8 Å². The molecule has 1 aromatic heterocycles. The van der Waals surface area contributed by atoms with Gasteiger partial charge in [-0.05, 0) is 56.1 Å². The Morgan fingerprint density at radius 2 is 2.00 bits per heavy atom. The van der Waals surface area contributed by atoms with Gasteiger partial charge < -0.3 is 16.0 Å². The lowest BCUT2D eigenvalue weighted by atomic mass is 9.70. The average molecular weight is 387 g/mol. The molecule has 6 heteroatoms. The number of hydrogen-bond donors (Lipinski definition) is 3. The van der Waals surface area contributed by atoms with Crippen molar-refractivity contribution in [3.05, 3.63) is 41.7 Å². The zero-order chi connectivity index (χ0) is 20.5. The lowest BCUT2D eigenvalue weighted by molar-refractivity contribution is -0.122. The summed E-state index contributed by atoms with van der Waals surface area (Å²) in [5.74, 6) is 1.54. The van der Waals surface area contributed by atoms with Crippen molar-refractivity contribution in [3.8, 4) is 0 Å². The van der Waals surface area contributed by atoms with Crippen LogP contribution in [0.25, 0.3) is 0 Å². The van der Waals surface area contributed by atoms with Crippen molar-refractivity contribution in [2.45, 2.75) is 47.1 Å². The van der Waals surface area contributed by atoms with Gasteiger partial charge in [0.25, 0.3) is 0 Å². The summed E-state index contributed by atoms with van der Waals surface area (Å²) in [6.07, 6.45) is 5.46. The minimum atomic E-state index is -0.118. The predicted octanol–water partition coefficient (Wildman–Crippen LogP) is 3.26. The largest absolute Gasteiger partial charge is 0.350 e. The predicted molar refractivity (Wildman–Crippen MR) is 111 cm³/mol. The van der Waals surface area contributed by atoms with Gasteiger partial charge in [0, 0.05) is 25.7 Å². The summed E-state index contributed by atoms with van der Waals surface area (Å²) in [6.45, 7) is 10.2. The Kier molecular flexibility index (Phi) is 8.48. The topological polar surface area (TPSA) is 83.1 Å². The molecule has 0 aromatic carbocycles. The van der Waals surface area contributed by atoms with Gasteiger partial charge in [0.05, 0.1) is 12.2 Å². The molecule has 0 radical (unpaired) electrons. The van der Waals surface area contributed by atoms with E-state index in [0.29, 0.717) is 43.8 Å². The van der Waals surface area contributed by atoms with E-state index in [1.54, 1.807) is 6.20 Å². The van der Waals surface area contributed by atoms with Crippen LogP contribution >= 0.6 is 0 Å². The van der Waals surface area contributed by atoms with Gasteiger partial charge in [-0.25, -0.2) is 4.79 Å². The average Bonchev–Trinajstić information content (AvgIpc) is 2.67. The number of allylic oxidation sites excluding steroid dienone is 1. The van der Waals surface area contributed by atoms with Gasteiger partial charge in [0.1, 0.15) is 0 Å². The summed E-state index contributed by atoms with van der Waals surface area (Å²) in [6, 6.07) is 5.58. The highest BCUT2D eigenvalue weighted by Crippen LogP contribution is 2.38. The first kappa shape index (κ1) is 21.9. The number of pyridine rings is 1. The van der Waals surface area contributed by atoms with Gasteiger partial charge >= 0.3 is 6.03 Å². The molecule has 3 atom stereocenters. The maximum absolute atomic E-state index is 12.4. The molecule has 0 saturated carbocycles. The molecular formula is C22H34N4O2. The Bertz CT molecular complexity index is 672. The van der Waals surface area contributed by atoms with Crippen LogP contribution in [0.3, 0.4) is 0 Å². The van der Waals surface area contributed by atoms with Crippen LogP contribution in [0.2, 0.25) is 0 Å². The minimum absolute atomic E-state index is 0.0600. The Hall–Kier alpha value is -2.37. The molecule has 0 fully saturated rings. The summed E-state index contributed by atoms with van der Waals surface area (Å²) >= 11 is 0. The first-order chi connectivity index (χ1) is 13.4. The van der Waals surface area contributed by atoms with Crippen molar-refractivity contribution in [2.24, 2.45) is 23.7 Å². The second-order valence-electron chi connectivity index (χ2n) is 7.96. The van der Waals surface area contributed by atoms with E-state index in [1.165, 1.54) is 5.57 Å². The molecule has 2 rings (SSSR count). The highest BCUT2D eigenvalue weighted by Gasteiger charge is 2.32. The van der Waals surface area contributed by atoms with Crippen molar-refractivity contribution in [2.75, 3.05) is 13.1 Å². The number of aromatic nitrogens is 1. The monoisotopic (exact) mass is 386 g/mol. The molecule has 1 aliphatic carbocycles. The number of urea groups is 1. The normalized spacial score (nSPS) is 21.8. The molecule has 1 heterocycles. The standard InChI is InChI=1S/C22H34N4O2/c1-5-23-22(28)26-13-18-10-16(4)17(11-20(18)15(2)3)12-21(27)25-14-19-8-6-7-9-24-19/h6-10,15,17-18,20H,5,11-14H2,1-4H3,(H,25,27)(H2,23,26,28)/t17-,18-,20-/m0/s1. The quantitative estimate of drug-likeness (QED) is 0.600. The van der Waals surface area contributed by atoms with E-state index in [4.69, 9.17) is 0 Å². The Balaban J connectivity index is 1.93. The van der Waals surface area contributed by atoms with Crippen LogP contribution in [-0.2, 0) is 11.3 Å². The number of hydrogen-bond acceptors (Lipinski definition) is 3. The smallest absolute Gasteiger partial charge is 0.314 e. The summed E-state index contributed by atoms with van der Waals surface area (Å²) in [4.78, 5) is 28.4. The molecule has 28 heavy (non-hydrogen) atoms. The summed E-state index contributed by atoms with van der Waals surface area (Å²) in [7, 11) is 0. The Morgan fingerprint density at radius 3 is 2.64 bits per heavy atom. The third-order valence-corrected chi connectivity index (χ3v) is 5.54. The van der Waals surface area contributed by atoms with Gasteiger partial charge in [-0.15, -0.1) is 0 Å². The van der Waals surface area contributed by atoms with Crippen LogP contribution in [0.4, 0.5) is 4.79 Å². The van der Waals surface area contributed by atoms with Crippen LogP contribution in [0.1, 0.15) is 46.2 Å². The molecule has 1 aromatic rings. The molecule has 6 nitrogen and oxygen atoms in total. The fourth-order valence-corrected chi connectivity index (χ4v) is 3.93. The molecule has 0 aliphatic heterocycles. The molecule has 0 saturated heterocycles. The van der Waals surface area contributed by atoms with E-state index in [9.17, 15) is 9.59 Å². The van der Waals surface area contributed by atoms with E-state index >= 15 is 0 Å². The zero-order valence-corrected chi connectivity index (χ0v) is 17.5. The summed E-state index contributed by atoms with van der Waals surface area (Å²) in [5, 5.41) is 8.73. The molecule has 3 amide bonds. The van der Waals surface area contributed by atoms with Crippen LogP contribution < -0.4 is 16.0 Å². The van der Waals surface area contributed by atoms with Gasteiger partial charge in [-0.1, -0.05) is 31.6 Å². The van der Waals surface area contributed by atoms with Crippen LogP contribution in [0.5, 0.6) is 0 Å². The van der Waals surface area contributed by atoms with E-state index in [-0.39, 0.29) is 17.9 Å². The maximum atomic E-state index is 12.4. The SMILES string of the molecule is CCNC(=O)NC[C@@H]1C=C(C)[C@H](CC(=O)NCc2ccccn2)C[C@H]1C(C)C. The molecule has 154 valence electrons. The lowest BCUT2D eigenvalue weighted by Crippen LogP contribution is -2.41. The first-order valence-electron chi connectivity index (χ1n) is 10.3. The van der Waals surface area contributed by atoms with Gasteiger partial charge in [0.15, 0.2) is 0 Å². The van der Waals surface area contributed by atoms with Gasteiger partial charge in [-0.3, -0.25) is 9.78 Å². The van der Waals surface area contributed by atoms with E-state index < -0.39 is 0 Å². The van der Waals surface area contributed by atoms with Crippen LogP contribution in [-0.4, -0.2) is 30.0 Å². The summed E-state index contributed by atoms with van der Waals surface area (Å²) in [5.41, 5.74) is 2.11. The maximum Gasteiger partial charge on any atom is 0.314 e. The Morgan fingerprint density at radius 1 is 1.21 bits per heavy atom. The highest BCUT2D eigenvalue weighted by molar-refractivity contribution is 5.76. The third kappa shape index (κ3) is 6.66. The Labute approximate surface area is 168 Å². The second kappa shape index (κ2) is 10.8. The summed E-state index contributed by atoms with van der Waals surface area (Å²) < 4.78 is 0. The third-order valence-electron chi connectivity index (χ3n) is 5.54. The van der Waals surface area contributed by atoms with Gasteiger partial charge in [0.2, 0.25) is 5.91 Å². The minimum Gasteiger partial charge on any atom is -0.350 e. The van der Waals surface area contributed by atoms with Crippen molar-refractivity contribution in [1.29, 1.82) is 0 Å². The zero-order valence-electron chi connectivity index (χ0n) is 17.5. The van der Waals surface area contributed by atoms with Crippen LogP contribution in [0.15, 0.2) is 36.0 Å². The first-order valence-corrected chi connectivity index (χ1v) is 10.3. The van der Waals surface area contributed by atoms with Crippen molar-refractivity contribution >= 4 is 11.9 Å². The van der Waals surface area contributed by atoms with Crippen molar-refractivity contribution in [1.82, 2.24) is 20.9 Å². The van der Waals surface area contributed by atoms with Crippen molar-refractivity contribution < 1.29 is 9.59 Å². The number of rotatable bonds is 8.